The molecule has 1 aliphatic carbocycles. The van der Waals surface area contributed by atoms with Crippen LogP contribution < -0.4 is 5.32 Å². The predicted octanol–water partition coefficient (Wildman–Crippen LogP) is 2.40. The fourth-order valence-corrected chi connectivity index (χ4v) is 3.44. The van der Waals surface area contributed by atoms with E-state index in [0.29, 0.717) is 0 Å². The number of aliphatic hydroxyl groups excluding tert-OH is 1. The molecule has 1 fully saturated rings. The van der Waals surface area contributed by atoms with Gasteiger partial charge in [0.25, 0.3) is 0 Å². The Bertz CT molecular complexity index is 377. The van der Waals surface area contributed by atoms with Gasteiger partial charge < -0.3 is 15.2 Å². The molecule has 0 spiro atoms. The maximum absolute atomic E-state index is 9.77. The molecule has 0 saturated heterocycles. The summed E-state index contributed by atoms with van der Waals surface area (Å²) in [6, 6.07) is 2.12. The van der Waals surface area contributed by atoms with Crippen LogP contribution in [0.4, 0.5) is 0 Å². The fraction of sp³-hybridized carbons (Fsp3) is 0.714. The van der Waals surface area contributed by atoms with Crippen molar-refractivity contribution >= 4 is 11.3 Å². The Labute approximate surface area is 113 Å². The second kappa shape index (κ2) is 5.29. The van der Waals surface area contributed by atoms with Crippen LogP contribution in [0.1, 0.15) is 32.8 Å². The van der Waals surface area contributed by atoms with Gasteiger partial charge in [0, 0.05) is 18.6 Å². The Morgan fingerprint density at radius 3 is 2.83 bits per heavy atom. The standard InChI is InChI=1S/C14H23NO2S/c1-4-17-12-7-14(10-16,13(12,2)3)15-8-11-5-6-18-9-11/h5-6,9,12,15-16H,4,7-8,10H2,1-3H3/t12-,14+/m1/s1. The van der Waals surface area contributed by atoms with Gasteiger partial charge in [-0.15, -0.1) is 0 Å². The van der Waals surface area contributed by atoms with Crippen molar-refractivity contribution in [3.8, 4) is 0 Å². The van der Waals surface area contributed by atoms with E-state index < -0.39 is 0 Å². The van der Waals surface area contributed by atoms with Gasteiger partial charge in [-0.3, -0.25) is 0 Å². The number of thiophene rings is 1. The molecule has 2 N–H and O–H groups in total. The summed E-state index contributed by atoms with van der Waals surface area (Å²) in [6.07, 6.45) is 1.12. The van der Waals surface area contributed by atoms with Gasteiger partial charge in [-0.1, -0.05) is 13.8 Å². The van der Waals surface area contributed by atoms with Crippen LogP contribution in [0.5, 0.6) is 0 Å². The minimum absolute atomic E-state index is 0.0339. The summed E-state index contributed by atoms with van der Waals surface area (Å²) in [5, 5.41) is 17.5. The van der Waals surface area contributed by atoms with Gasteiger partial charge in [-0.2, -0.15) is 11.3 Å². The topological polar surface area (TPSA) is 41.5 Å². The molecule has 0 bridgehead atoms. The summed E-state index contributed by atoms with van der Waals surface area (Å²) in [5.74, 6) is 0. The molecule has 0 radical (unpaired) electrons. The Kier molecular flexibility index (Phi) is 4.11. The van der Waals surface area contributed by atoms with Gasteiger partial charge in [-0.25, -0.2) is 0 Å². The van der Waals surface area contributed by atoms with E-state index in [2.05, 4.69) is 36.0 Å². The molecular formula is C14H23NO2S. The van der Waals surface area contributed by atoms with Crippen molar-refractivity contribution in [2.45, 2.75) is 45.4 Å². The van der Waals surface area contributed by atoms with Crippen LogP contribution in [-0.2, 0) is 11.3 Å². The SMILES string of the molecule is CCO[C@@H]1C[C@@](CO)(NCc2ccsc2)C1(C)C. The molecule has 1 saturated carbocycles. The zero-order valence-electron chi connectivity index (χ0n) is 11.4. The third kappa shape index (κ3) is 2.23. The third-order valence-corrected chi connectivity index (χ3v) is 5.15. The van der Waals surface area contributed by atoms with E-state index in [4.69, 9.17) is 4.74 Å². The van der Waals surface area contributed by atoms with Gasteiger partial charge in [0.2, 0.25) is 0 Å². The zero-order valence-corrected chi connectivity index (χ0v) is 12.2. The highest BCUT2D eigenvalue weighted by Crippen LogP contribution is 2.51. The van der Waals surface area contributed by atoms with Crippen LogP contribution in [-0.4, -0.2) is 30.0 Å². The molecule has 2 atom stereocenters. The molecule has 1 aromatic heterocycles. The minimum atomic E-state index is -0.214. The van der Waals surface area contributed by atoms with Crippen LogP contribution in [0, 0.1) is 5.41 Å². The van der Waals surface area contributed by atoms with Crippen molar-refractivity contribution in [1.29, 1.82) is 0 Å². The van der Waals surface area contributed by atoms with E-state index in [1.54, 1.807) is 11.3 Å². The van der Waals surface area contributed by atoms with Crippen LogP contribution in [0.3, 0.4) is 0 Å². The summed E-state index contributed by atoms with van der Waals surface area (Å²) in [6.45, 7) is 8.08. The number of hydrogen-bond donors (Lipinski definition) is 2. The smallest absolute Gasteiger partial charge is 0.0663 e. The number of aliphatic hydroxyl groups is 1. The van der Waals surface area contributed by atoms with Crippen molar-refractivity contribution in [2.75, 3.05) is 13.2 Å². The fourth-order valence-electron chi connectivity index (χ4n) is 2.77. The lowest BCUT2D eigenvalue weighted by atomic mass is 9.54. The number of rotatable bonds is 6. The number of ether oxygens (including phenoxy) is 1. The monoisotopic (exact) mass is 269 g/mol. The molecule has 1 aliphatic rings. The predicted molar refractivity (Wildman–Crippen MR) is 74.8 cm³/mol. The van der Waals surface area contributed by atoms with Crippen molar-refractivity contribution in [1.82, 2.24) is 5.32 Å². The van der Waals surface area contributed by atoms with Gasteiger partial charge in [0.05, 0.1) is 18.2 Å². The van der Waals surface area contributed by atoms with Crippen LogP contribution >= 0.6 is 11.3 Å². The Balaban J connectivity index is 2.00. The first kappa shape index (κ1) is 14.0. The molecule has 2 rings (SSSR count). The van der Waals surface area contributed by atoms with Crippen LogP contribution in [0.15, 0.2) is 16.8 Å². The number of hydrogen-bond acceptors (Lipinski definition) is 4. The van der Waals surface area contributed by atoms with E-state index in [-0.39, 0.29) is 23.7 Å². The Hall–Kier alpha value is -0.420. The van der Waals surface area contributed by atoms with E-state index in [1.165, 1.54) is 5.56 Å². The van der Waals surface area contributed by atoms with Crippen molar-refractivity contribution in [2.24, 2.45) is 5.41 Å². The summed E-state index contributed by atoms with van der Waals surface area (Å²) >= 11 is 1.70. The van der Waals surface area contributed by atoms with Gasteiger partial charge in [-0.05, 0) is 35.7 Å². The molecular weight excluding hydrogens is 246 g/mol. The lowest BCUT2D eigenvalue weighted by Gasteiger charge is -2.60. The largest absolute Gasteiger partial charge is 0.394 e. The van der Waals surface area contributed by atoms with Crippen molar-refractivity contribution in [3.05, 3.63) is 22.4 Å². The normalized spacial score (nSPS) is 30.1. The first-order chi connectivity index (χ1) is 8.55. The quantitative estimate of drug-likeness (QED) is 0.833. The first-order valence-corrected chi connectivity index (χ1v) is 7.48. The van der Waals surface area contributed by atoms with Crippen LogP contribution in [0.25, 0.3) is 0 Å². The minimum Gasteiger partial charge on any atom is -0.394 e. The summed E-state index contributed by atoms with van der Waals surface area (Å²) in [4.78, 5) is 0. The van der Waals surface area contributed by atoms with Crippen LogP contribution in [0.2, 0.25) is 0 Å². The molecule has 1 aromatic rings. The van der Waals surface area contributed by atoms with E-state index >= 15 is 0 Å². The molecule has 0 unspecified atom stereocenters. The Morgan fingerprint density at radius 1 is 1.56 bits per heavy atom. The van der Waals surface area contributed by atoms with Gasteiger partial charge >= 0.3 is 0 Å². The number of nitrogens with one attached hydrogen (secondary N) is 1. The van der Waals surface area contributed by atoms with Gasteiger partial charge in [0.1, 0.15) is 0 Å². The maximum Gasteiger partial charge on any atom is 0.0663 e. The molecule has 18 heavy (non-hydrogen) atoms. The van der Waals surface area contributed by atoms with E-state index in [9.17, 15) is 5.11 Å². The Morgan fingerprint density at radius 2 is 2.33 bits per heavy atom. The van der Waals surface area contributed by atoms with Gasteiger partial charge in [0.15, 0.2) is 0 Å². The second-order valence-electron chi connectivity index (χ2n) is 5.60. The summed E-state index contributed by atoms with van der Waals surface area (Å²) in [7, 11) is 0. The molecule has 0 aromatic carbocycles. The highest BCUT2D eigenvalue weighted by atomic mass is 32.1. The molecule has 102 valence electrons. The molecule has 0 aliphatic heterocycles. The first-order valence-electron chi connectivity index (χ1n) is 6.54. The van der Waals surface area contributed by atoms with E-state index in [1.807, 2.05) is 6.92 Å². The molecule has 3 nitrogen and oxygen atoms in total. The molecule has 1 heterocycles. The lowest BCUT2D eigenvalue weighted by Crippen LogP contribution is -2.73. The maximum atomic E-state index is 9.77. The zero-order chi connectivity index (χ0) is 13.2. The highest BCUT2D eigenvalue weighted by molar-refractivity contribution is 7.07. The van der Waals surface area contributed by atoms with E-state index in [0.717, 1.165) is 19.6 Å². The van der Waals surface area contributed by atoms with Crippen molar-refractivity contribution < 1.29 is 9.84 Å². The average molecular weight is 269 g/mol. The lowest BCUT2D eigenvalue weighted by molar-refractivity contribution is -0.177. The summed E-state index contributed by atoms with van der Waals surface area (Å²) < 4.78 is 5.74. The molecule has 4 heteroatoms. The average Bonchev–Trinajstić information content (AvgIpc) is 2.86. The van der Waals surface area contributed by atoms with Crippen molar-refractivity contribution in [3.63, 3.8) is 0 Å². The third-order valence-electron chi connectivity index (χ3n) is 4.42. The summed E-state index contributed by atoms with van der Waals surface area (Å²) in [5.41, 5.74) is 1.03. The highest BCUT2D eigenvalue weighted by Gasteiger charge is 2.60. The molecule has 0 amide bonds. The second-order valence-corrected chi connectivity index (χ2v) is 6.38.